The van der Waals surface area contributed by atoms with Crippen molar-refractivity contribution in [1.82, 2.24) is 4.31 Å². The van der Waals surface area contributed by atoms with E-state index in [1.807, 2.05) is 6.92 Å². The minimum atomic E-state index is -3.58. The van der Waals surface area contributed by atoms with Crippen molar-refractivity contribution in [3.05, 3.63) is 46.8 Å². The van der Waals surface area contributed by atoms with Crippen LogP contribution in [-0.2, 0) is 10.0 Å². The molecule has 1 fully saturated rings. The Morgan fingerprint density at radius 3 is 2.52 bits per heavy atom. The molecule has 1 aliphatic rings. The van der Waals surface area contributed by atoms with Gasteiger partial charge in [-0.05, 0) is 55.5 Å². The van der Waals surface area contributed by atoms with E-state index in [0.717, 1.165) is 19.3 Å². The number of nitrogens with two attached hydrogens (primary N) is 1. The molecular formula is C18H21N3O4S2. The number of rotatable bonds is 5. The number of amides is 2. The largest absolute Gasteiger partial charge is 0.366 e. The summed E-state index contributed by atoms with van der Waals surface area (Å²) in [5.74, 6) is -1.06. The van der Waals surface area contributed by atoms with E-state index in [-0.39, 0.29) is 16.5 Å². The van der Waals surface area contributed by atoms with Crippen molar-refractivity contribution in [2.45, 2.75) is 37.1 Å². The molecule has 1 aliphatic heterocycles. The molecule has 3 N–H and O–H groups in total. The first-order valence-corrected chi connectivity index (χ1v) is 10.9. The standard InChI is InChI=1S/C18H21N3O4S2/c1-12-4-2-3-10-21(12)27(24,25)14-7-5-13(6-8-14)17(23)20-18-15(16(19)22)9-11-26-18/h5-9,11-12H,2-4,10H2,1H3,(H2,19,22)(H,20,23)/t12-/m1/s1. The summed E-state index contributed by atoms with van der Waals surface area (Å²) in [5, 5.41) is 4.66. The number of nitrogens with one attached hydrogen (secondary N) is 1. The second-order valence-electron chi connectivity index (χ2n) is 6.47. The fraction of sp³-hybridized carbons (Fsp3) is 0.333. The van der Waals surface area contributed by atoms with Gasteiger partial charge in [-0.25, -0.2) is 8.42 Å². The number of carbonyl (C=O) groups excluding carboxylic acids is 2. The zero-order chi connectivity index (χ0) is 19.6. The average molecular weight is 408 g/mol. The van der Waals surface area contributed by atoms with Crippen LogP contribution in [0.1, 0.15) is 46.9 Å². The predicted molar refractivity (Wildman–Crippen MR) is 104 cm³/mol. The van der Waals surface area contributed by atoms with E-state index in [1.165, 1.54) is 46.0 Å². The molecule has 2 aromatic rings. The molecule has 0 radical (unpaired) electrons. The zero-order valence-electron chi connectivity index (χ0n) is 14.8. The van der Waals surface area contributed by atoms with Gasteiger partial charge in [0.15, 0.2) is 0 Å². The fourth-order valence-corrected chi connectivity index (χ4v) is 5.60. The highest BCUT2D eigenvalue weighted by Crippen LogP contribution is 2.26. The first kappa shape index (κ1) is 19.5. The van der Waals surface area contributed by atoms with Crippen LogP contribution in [0.2, 0.25) is 0 Å². The first-order chi connectivity index (χ1) is 12.8. The summed E-state index contributed by atoms with van der Waals surface area (Å²) in [6.07, 6.45) is 2.73. The summed E-state index contributed by atoms with van der Waals surface area (Å²) in [6.45, 7) is 2.43. The molecule has 1 atom stereocenters. The highest BCUT2D eigenvalue weighted by atomic mass is 32.2. The van der Waals surface area contributed by atoms with Gasteiger partial charge in [0.25, 0.3) is 11.8 Å². The lowest BCUT2D eigenvalue weighted by atomic mass is 10.1. The summed E-state index contributed by atoms with van der Waals surface area (Å²) < 4.78 is 27.2. The van der Waals surface area contributed by atoms with Crippen LogP contribution in [0.15, 0.2) is 40.6 Å². The van der Waals surface area contributed by atoms with Crippen LogP contribution in [0.3, 0.4) is 0 Å². The van der Waals surface area contributed by atoms with Crippen molar-refractivity contribution in [3.8, 4) is 0 Å². The fourth-order valence-electron chi connectivity index (χ4n) is 3.12. The van der Waals surface area contributed by atoms with Gasteiger partial charge in [0.05, 0.1) is 10.5 Å². The molecule has 27 heavy (non-hydrogen) atoms. The molecule has 9 heteroatoms. The molecule has 144 valence electrons. The number of hydrogen-bond acceptors (Lipinski definition) is 5. The lowest BCUT2D eigenvalue weighted by molar-refractivity contribution is 0.100. The number of nitrogens with zero attached hydrogens (tertiary/aromatic N) is 1. The second-order valence-corrected chi connectivity index (χ2v) is 9.27. The Morgan fingerprint density at radius 2 is 1.89 bits per heavy atom. The summed E-state index contributed by atoms with van der Waals surface area (Å²) in [7, 11) is -3.58. The van der Waals surface area contributed by atoms with Crippen LogP contribution in [0, 0.1) is 0 Å². The van der Waals surface area contributed by atoms with Crippen molar-refractivity contribution in [1.29, 1.82) is 0 Å². The number of hydrogen-bond donors (Lipinski definition) is 2. The zero-order valence-corrected chi connectivity index (χ0v) is 16.5. The minimum absolute atomic E-state index is 0.0298. The van der Waals surface area contributed by atoms with Crippen molar-refractivity contribution < 1.29 is 18.0 Å². The molecule has 0 saturated carbocycles. The molecule has 2 heterocycles. The number of carbonyl (C=O) groups is 2. The van der Waals surface area contributed by atoms with Gasteiger partial charge >= 0.3 is 0 Å². The average Bonchev–Trinajstić information content (AvgIpc) is 3.10. The maximum Gasteiger partial charge on any atom is 0.256 e. The van der Waals surface area contributed by atoms with Crippen LogP contribution in [0.4, 0.5) is 5.00 Å². The van der Waals surface area contributed by atoms with E-state index >= 15 is 0 Å². The number of thiophene rings is 1. The molecule has 7 nitrogen and oxygen atoms in total. The van der Waals surface area contributed by atoms with Gasteiger partial charge in [0, 0.05) is 18.2 Å². The van der Waals surface area contributed by atoms with Crippen LogP contribution in [0.25, 0.3) is 0 Å². The first-order valence-electron chi connectivity index (χ1n) is 8.61. The minimum Gasteiger partial charge on any atom is -0.366 e. The molecule has 1 aromatic carbocycles. The summed E-state index contributed by atoms with van der Waals surface area (Å²) >= 11 is 1.19. The Balaban J connectivity index is 1.77. The smallest absolute Gasteiger partial charge is 0.256 e. The Labute approximate surface area is 162 Å². The molecule has 2 amide bonds. The van der Waals surface area contributed by atoms with Crippen molar-refractivity contribution in [2.75, 3.05) is 11.9 Å². The summed E-state index contributed by atoms with van der Waals surface area (Å²) in [6, 6.07) is 7.32. The van der Waals surface area contributed by atoms with Crippen LogP contribution >= 0.6 is 11.3 Å². The monoisotopic (exact) mass is 407 g/mol. The molecule has 0 unspecified atom stereocenters. The van der Waals surface area contributed by atoms with Crippen molar-refractivity contribution in [3.63, 3.8) is 0 Å². The van der Waals surface area contributed by atoms with Gasteiger partial charge in [-0.1, -0.05) is 6.42 Å². The molecule has 1 saturated heterocycles. The lowest BCUT2D eigenvalue weighted by Gasteiger charge is -2.32. The third-order valence-electron chi connectivity index (χ3n) is 4.62. The van der Waals surface area contributed by atoms with Crippen LogP contribution < -0.4 is 11.1 Å². The molecule has 1 aromatic heterocycles. The maximum atomic E-state index is 12.8. The number of sulfonamides is 1. The third kappa shape index (κ3) is 4.05. The Morgan fingerprint density at radius 1 is 1.19 bits per heavy atom. The molecule has 0 bridgehead atoms. The van der Waals surface area contributed by atoms with Gasteiger partial charge < -0.3 is 11.1 Å². The second kappa shape index (κ2) is 7.79. The van der Waals surface area contributed by atoms with E-state index in [0.29, 0.717) is 17.1 Å². The van der Waals surface area contributed by atoms with Crippen LogP contribution in [-0.4, -0.2) is 37.1 Å². The molecule has 0 spiro atoms. The van der Waals surface area contributed by atoms with Gasteiger partial charge in [0.1, 0.15) is 5.00 Å². The third-order valence-corrected chi connectivity index (χ3v) is 7.48. The van der Waals surface area contributed by atoms with Crippen LogP contribution in [0.5, 0.6) is 0 Å². The van der Waals surface area contributed by atoms with E-state index in [4.69, 9.17) is 5.73 Å². The van der Waals surface area contributed by atoms with E-state index in [2.05, 4.69) is 5.32 Å². The maximum absolute atomic E-state index is 12.8. The van der Waals surface area contributed by atoms with Crippen molar-refractivity contribution >= 4 is 38.2 Å². The number of piperidine rings is 1. The topological polar surface area (TPSA) is 110 Å². The number of benzene rings is 1. The van der Waals surface area contributed by atoms with E-state index < -0.39 is 21.8 Å². The van der Waals surface area contributed by atoms with Gasteiger partial charge in [-0.2, -0.15) is 4.31 Å². The highest BCUT2D eigenvalue weighted by molar-refractivity contribution is 7.89. The highest BCUT2D eigenvalue weighted by Gasteiger charge is 2.30. The number of anilines is 1. The van der Waals surface area contributed by atoms with Crippen molar-refractivity contribution in [2.24, 2.45) is 5.73 Å². The number of primary amides is 1. The summed E-state index contributed by atoms with van der Waals surface area (Å²) in [5.41, 5.74) is 5.81. The van der Waals surface area contributed by atoms with Gasteiger partial charge in [-0.15, -0.1) is 11.3 Å². The quantitative estimate of drug-likeness (QED) is 0.794. The SMILES string of the molecule is C[C@@H]1CCCCN1S(=O)(=O)c1ccc(C(=O)Nc2sccc2C(N)=O)cc1. The Bertz CT molecular complexity index is 951. The molecule has 3 rings (SSSR count). The molecule has 0 aliphatic carbocycles. The Kier molecular flexibility index (Phi) is 5.64. The van der Waals surface area contributed by atoms with E-state index in [9.17, 15) is 18.0 Å². The summed E-state index contributed by atoms with van der Waals surface area (Å²) in [4.78, 5) is 23.9. The normalized spacial score (nSPS) is 18.2. The predicted octanol–water partition coefficient (Wildman–Crippen LogP) is 2.66. The lowest BCUT2D eigenvalue weighted by Crippen LogP contribution is -2.41. The van der Waals surface area contributed by atoms with Gasteiger partial charge in [-0.3, -0.25) is 9.59 Å². The Hall–Kier alpha value is -2.23. The molecular weight excluding hydrogens is 386 g/mol. The van der Waals surface area contributed by atoms with Gasteiger partial charge in [0.2, 0.25) is 10.0 Å². The van der Waals surface area contributed by atoms with E-state index in [1.54, 1.807) is 5.38 Å².